The molecule has 2 aromatic heterocycles. The minimum absolute atomic E-state index is 0.0374. The van der Waals surface area contributed by atoms with E-state index >= 15 is 0 Å². The maximum Gasteiger partial charge on any atom is 0.335 e. The van der Waals surface area contributed by atoms with E-state index in [9.17, 15) is 19.2 Å². The number of imidazole rings is 1. The third-order valence-electron chi connectivity index (χ3n) is 8.56. The number of pyridine rings is 1. The fraction of sp³-hybridized carbons (Fsp3) is 0.632. The lowest BCUT2D eigenvalue weighted by Gasteiger charge is -2.12. The number of hydroxylamine groups is 2. The molecule has 3 heterocycles. The lowest BCUT2D eigenvalue weighted by molar-refractivity contribution is -0.198. The Kier molecular flexibility index (Phi) is 19.8. The fourth-order valence-corrected chi connectivity index (χ4v) is 5.71. The molecule has 0 bridgehead atoms. The lowest BCUT2D eigenvalue weighted by Crippen LogP contribution is -2.32. The number of aryl methyl sites for hydroxylation is 2. The van der Waals surface area contributed by atoms with Crippen LogP contribution in [0, 0.1) is 0 Å². The van der Waals surface area contributed by atoms with Crippen LogP contribution in [0.4, 0.5) is 5.82 Å². The molecule has 0 radical (unpaired) electrons. The highest BCUT2D eigenvalue weighted by atomic mass is 16.7. The number of ether oxygens (including phenoxy) is 6. The van der Waals surface area contributed by atoms with Gasteiger partial charge in [-0.2, -0.15) is 0 Å². The summed E-state index contributed by atoms with van der Waals surface area (Å²) in [5, 5.41) is 4.55. The summed E-state index contributed by atoms with van der Waals surface area (Å²) in [6.45, 7) is 7.85. The van der Waals surface area contributed by atoms with E-state index in [-0.39, 0.29) is 38.4 Å². The first-order chi connectivity index (χ1) is 26.9. The molecule has 0 saturated carbocycles. The Morgan fingerprint density at radius 2 is 1.31 bits per heavy atom. The Morgan fingerprint density at radius 3 is 1.91 bits per heavy atom. The van der Waals surface area contributed by atoms with Gasteiger partial charge in [0.25, 0.3) is 11.8 Å². The second-order valence-corrected chi connectivity index (χ2v) is 12.8. The fourth-order valence-electron chi connectivity index (χ4n) is 5.71. The smallest absolute Gasteiger partial charge is 0.335 e. The number of imide groups is 1. The molecule has 17 heteroatoms. The van der Waals surface area contributed by atoms with Crippen LogP contribution in [0.15, 0.2) is 24.3 Å². The molecule has 0 aliphatic carbocycles. The Balaban J connectivity index is 0.902. The third-order valence-corrected chi connectivity index (χ3v) is 8.56. The van der Waals surface area contributed by atoms with Crippen molar-refractivity contribution < 1.29 is 52.4 Å². The number of nitrogens with zero attached hydrogens (tertiary/aromatic N) is 4. The summed E-state index contributed by atoms with van der Waals surface area (Å²) in [6, 6.07) is 8.02. The van der Waals surface area contributed by atoms with E-state index in [1.807, 2.05) is 18.2 Å². The van der Waals surface area contributed by atoms with Crippen molar-refractivity contribution in [1.29, 1.82) is 0 Å². The largest absolute Gasteiger partial charge is 0.382 e. The Morgan fingerprint density at radius 1 is 0.745 bits per heavy atom. The molecule has 3 N–H and O–H groups in total. The predicted molar refractivity (Wildman–Crippen MR) is 202 cm³/mol. The van der Waals surface area contributed by atoms with Gasteiger partial charge in [-0.15, -0.1) is 5.06 Å². The van der Waals surface area contributed by atoms with E-state index < -0.39 is 17.8 Å². The van der Waals surface area contributed by atoms with Crippen LogP contribution < -0.4 is 11.1 Å². The number of carbonyl (C=O) groups excluding carboxylic acids is 4. The summed E-state index contributed by atoms with van der Waals surface area (Å²) in [5.74, 6) is -0.283. The molecule has 1 saturated heterocycles. The first-order valence-corrected chi connectivity index (χ1v) is 19.2. The van der Waals surface area contributed by atoms with Gasteiger partial charge < -0.3 is 48.9 Å². The number of amides is 3. The average Bonchev–Trinajstić information content (AvgIpc) is 3.71. The zero-order valence-electron chi connectivity index (χ0n) is 31.9. The van der Waals surface area contributed by atoms with Crippen molar-refractivity contribution in [2.24, 2.45) is 0 Å². The Labute approximate surface area is 321 Å². The molecule has 3 aromatic rings. The number of nitrogen functional groups attached to an aromatic ring is 1. The molecule has 0 unspecified atom stereocenters. The van der Waals surface area contributed by atoms with E-state index in [2.05, 4.69) is 27.9 Å². The highest BCUT2D eigenvalue weighted by Gasteiger charge is 2.32. The van der Waals surface area contributed by atoms with Crippen LogP contribution in [0.3, 0.4) is 0 Å². The molecule has 0 atom stereocenters. The quantitative estimate of drug-likeness (QED) is 0.0739. The number of para-hydroxylation sites is 1. The predicted octanol–water partition coefficient (Wildman–Crippen LogP) is 2.89. The second kappa shape index (κ2) is 25.0. The number of rotatable bonds is 30. The van der Waals surface area contributed by atoms with Crippen LogP contribution in [0.5, 0.6) is 0 Å². The molecular weight excluding hydrogens is 716 g/mol. The number of hydrogen-bond donors (Lipinski definition) is 2. The zero-order valence-corrected chi connectivity index (χ0v) is 31.9. The minimum Gasteiger partial charge on any atom is -0.382 e. The molecule has 3 amide bonds. The van der Waals surface area contributed by atoms with Gasteiger partial charge in [-0.3, -0.25) is 14.4 Å². The van der Waals surface area contributed by atoms with Gasteiger partial charge in [0.15, 0.2) is 5.82 Å². The number of aromatic nitrogens is 3. The highest BCUT2D eigenvalue weighted by Crippen LogP contribution is 2.29. The number of carbonyl (C=O) groups is 4. The standard InChI is InChI=1S/C38H56N6O11/c1-2-3-10-31-42-36-37(29-8-4-5-9-30(29)41-38(36)39)43(31)16-7-6-15-40-32(45)13-17-49-19-21-51-23-25-53-27-28-54-26-24-52-22-20-50-18-14-35(48)55-44-33(46)11-12-34(44)47/h4-5,8-9H,2-3,6-7,10-28H2,1H3,(H2,39,41)(H,40,45). The lowest BCUT2D eigenvalue weighted by atomic mass is 10.2. The van der Waals surface area contributed by atoms with E-state index in [4.69, 9.17) is 44.0 Å². The molecule has 304 valence electrons. The summed E-state index contributed by atoms with van der Waals surface area (Å²) in [7, 11) is 0. The third kappa shape index (κ3) is 15.1. The summed E-state index contributed by atoms with van der Waals surface area (Å²) >= 11 is 0. The number of nitrogens with one attached hydrogen (secondary N) is 1. The van der Waals surface area contributed by atoms with Crippen LogP contribution >= 0.6 is 0 Å². The first kappa shape index (κ1) is 43.5. The molecule has 17 nitrogen and oxygen atoms in total. The second-order valence-electron chi connectivity index (χ2n) is 12.8. The first-order valence-electron chi connectivity index (χ1n) is 19.2. The minimum atomic E-state index is -0.704. The van der Waals surface area contributed by atoms with Crippen LogP contribution in [-0.2, 0) is 65.4 Å². The van der Waals surface area contributed by atoms with Gasteiger partial charge in [-0.1, -0.05) is 31.5 Å². The van der Waals surface area contributed by atoms with E-state index in [1.54, 1.807) is 0 Å². The number of hydrogen-bond acceptors (Lipinski definition) is 14. The van der Waals surface area contributed by atoms with E-state index in [1.165, 1.54) is 0 Å². The number of anilines is 1. The highest BCUT2D eigenvalue weighted by molar-refractivity contribution is 6.06. The maximum atomic E-state index is 12.3. The number of unbranched alkanes of at least 4 members (excludes halogenated alkanes) is 2. The maximum absolute atomic E-state index is 12.3. The molecule has 0 spiro atoms. The molecule has 1 aliphatic rings. The SMILES string of the molecule is CCCCc1nc2c(N)nc3ccccc3c2n1CCCCNC(=O)CCOCCOCCOCCOCCOCCOCCC(=O)ON1C(=O)CCC1=O. The molecule has 1 fully saturated rings. The van der Waals surface area contributed by atoms with Gasteiger partial charge >= 0.3 is 5.97 Å². The molecule has 55 heavy (non-hydrogen) atoms. The molecule has 1 aliphatic heterocycles. The van der Waals surface area contributed by atoms with Crippen molar-refractivity contribution in [2.75, 3.05) is 91.6 Å². The van der Waals surface area contributed by atoms with Crippen molar-refractivity contribution in [3.8, 4) is 0 Å². The van der Waals surface area contributed by atoms with Crippen LogP contribution in [0.1, 0.15) is 64.1 Å². The van der Waals surface area contributed by atoms with Gasteiger partial charge in [-0.05, 0) is 25.3 Å². The summed E-state index contributed by atoms with van der Waals surface area (Å²) < 4.78 is 34.9. The number of fused-ring (bicyclic) bond motifs is 3. The van der Waals surface area contributed by atoms with E-state index in [0.717, 1.165) is 66.4 Å². The zero-order chi connectivity index (χ0) is 39.1. The van der Waals surface area contributed by atoms with E-state index in [0.29, 0.717) is 89.9 Å². The Bertz CT molecular complexity index is 1640. The van der Waals surface area contributed by atoms with Crippen molar-refractivity contribution >= 4 is 51.4 Å². The van der Waals surface area contributed by atoms with Crippen LogP contribution in [0.2, 0.25) is 0 Å². The van der Waals surface area contributed by atoms with Gasteiger partial charge in [0.1, 0.15) is 11.3 Å². The summed E-state index contributed by atoms with van der Waals surface area (Å²) in [4.78, 5) is 61.0. The van der Waals surface area contributed by atoms with Gasteiger partial charge in [0.05, 0.1) is 96.7 Å². The Hall–Kier alpha value is -4.26. The topological polar surface area (TPSA) is 205 Å². The number of nitrogens with two attached hydrogens (primary N) is 1. The monoisotopic (exact) mass is 772 g/mol. The molecular formula is C38H56N6O11. The molecule has 4 rings (SSSR count). The number of benzene rings is 1. The van der Waals surface area contributed by atoms with Gasteiger partial charge in [0, 0.05) is 44.2 Å². The normalized spacial score (nSPS) is 13.1. The van der Waals surface area contributed by atoms with Crippen molar-refractivity contribution in [2.45, 2.75) is 71.3 Å². The molecule has 1 aromatic carbocycles. The van der Waals surface area contributed by atoms with Crippen LogP contribution in [0.25, 0.3) is 21.9 Å². The van der Waals surface area contributed by atoms with Crippen molar-refractivity contribution in [3.63, 3.8) is 0 Å². The van der Waals surface area contributed by atoms with Crippen molar-refractivity contribution in [1.82, 2.24) is 24.9 Å². The average molecular weight is 773 g/mol. The van der Waals surface area contributed by atoms with Gasteiger partial charge in [0.2, 0.25) is 5.91 Å². The summed E-state index contributed by atoms with van der Waals surface area (Å²) in [5.41, 5.74) is 8.97. The van der Waals surface area contributed by atoms with Crippen molar-refractivity contribution in [3.05, 3.63) is 30.1 Å². The van der Waals surface area contributed by atoms with Crippen LogP contribution in [-0.4, -0.2) is 129 Å². The van der Waals surface area contributed by atoms with Gasteiger partial charge in [-0.25, -0.2) is 14.8 Å². The summed E-state index contributed by atoms with van der Waals surface area (Å²) in [6.07, 6.45) is 5.06.